The van der Waals surface area contributed by atoms with Crippen molar-refractivity contribution in [2.45, 2.75) is 12.6 Å². The summed E-state index contributed by atoms with van der Waals surface area (Å²) < 4.78 is 5.50. The zero-order valence-corrected chi connectivity index (χ0v) is 17.7. The lowest BCUT2D eigenvalue weighted by Gasteiger charge is -2.32. The fourth-order valence-corrected chi connectivity index (χ4v) is 3.62. The van der Waals surface area contributed by atoms with Crippen molar-refractivity contribution in [3.63, 3.8) is 0 Å². The quantitative estimate of drug-likeness (QED) is 0.567. The second-order valence-corrected chi connectivity index (χ2v) is 7.69. The Balaban J connectivity index is 1.61. The van der Waals surface area contributed by atoms with E-state index in [-0.39, 0.29) is 6.04 Å². The summed E-state index contributed by atoms with van der Waals surface area (Å²) in [6, 6.07) is 18.0. The summed E-state index contributed by atoms with van der Waals surface area (Å²) >= 11 is 0. The predicted molar refractivity (Wildman–Crippen MR) is 116 cm³/mol. The van der Waals surface area contributed by atoms with E-state index in [4.69, 9.17) is 4.74 Å². The zero-order chi connectivity index (χ0) is 21.3. The first-order valence-electron chi connectivity index (χ1n) is 10.3. The van der Waals surface area contributed by atoms with Gasteiger partial charge >= 0.3 is 11.8 Å². The molecule has 7 nitrogen and oxygen atoms in total. The Bertz CT molecular complexity index is 818. The van der Waals surface area contributed by atoms with E-state index in [0.717, 1.165) is 29.9 Å². The third-order valence-electron chi connectivity index (χ3n) is 5.41. The van der Waals surface area contributed by atoms with Crippen molar-refractivity contribution in [3.05, 3.63) is 65.7 Å². The molecule has 1 fully saturated rings. The number of morpholine rings is 1. The molecule has 0 saturated carbocycles. The van der Waals surface area contributed by atoms with E-state index in [1.807, 2.05) is 44.4 Å². The van der Waals surface area contributed by atoms with Crippen LogP contribution in [0.15, 0.2) is 54.6 Å². The maximum absolute atomic E-state index is 12.4. The van der Waals surface area contributed by atoms with Crippen molar-refractivity contribution in [2.24, 2.45) is 0 Å². The van der Waals surface area contributed by atoms with Gasteiger partial charge in [0.05, 0.1) is 19.8 Å². The monoisotopic (exact) mass is 411 g/mol. The average Bonchev–Trinajstić information content (AvgIpc) is 2.79. The molecule has 2 aromatic carbocycles. The molecule has 160 valence electrons. The van der Waals surface area contributed by atoms with Gasteiger partial charge in [-0.1, -0.05) is 42.5 Å². The molecule has 1 aliphatic heterocycles. The third-order valence-corrected chi connectivity index (χ3v) is 5.41. The molecule has 0 bridgehead atoms. The van der Waals surface area contributed by atoms with Crippen LogP contribution in [0.3, 0.4) is 0 Å². The van der Waals surface area contributed by atoms with Crippen LogP contribution in [0.4, 0.5) is 5.69 Å². The largest absolute Gasteiger partial charge is 0.378 e. The summed E-state index contributed by atoms with van der Waals surface area (Å²) in [5.41, 5.74) is 3.22. The lowest BCUT2D eigenvalue weighted by Crippen LogP contribution is -3.15. The van der Waals surface area contributed by atoms with E-state index in [1.165, 1.54) is 4.90 Å². The molecule has 2 aromatic rings. The van der Waals surface area contributed by atoms with Crippen LogP contribution in [0.2, 0.25) is 0 Å². The lowest BCUT2D eigenvalue weighted by molar-refractivity contribution is -0.937. The van der Waals surface area contributed by atoms with Crippen LogP contribution in [-0.2, 0) is 20.9 Å². The highest BCUT2D eigenvalue weighted by atomic mass is 16.5. The Labute approximate surface area is 178 Å². The first kappa shape index (κ1) is 21.8. The van der Waals surface area contributed by atoms with Crippen molar-refractivity contribution < 1.29 is 19.2 Å². The molecule has 0 spiro atoms. The van der Waals surface area contributed by atoms with Crippen molar-refractivity contribution in [2.75, 3.05) is 51.8 Å². The molecule has 1 saturated heterocycles. The van der Waals surface area contributed by atoms with Crippen molar-refractivity contribution in [1.82, 2.24) is 10.6 Å². The molecule has 0 radical (unpaired) electrons. The minimum absolute atomic E-state index is 0.0657. The molecule has 1 heterocycles. The maximum atomic E-state index is 12.4. The van der Waals surface area contributed by atoms with Gasteiger partial charge in [-0.05, 0) is 17.7 Å². The molecule has 2 amide bonds. The number of quaternary nitrogens is 1. The molecule has 0 aliphatic carbocycles. The molecule has 0 unspecified atom stereocenters. The molecule has 3 rings (SSSR count). The first-order chi connectivity index (χ1) is 14.5. The van der Waals surface area contributed by atoms with Gasteiger partial charge in [0.2, 0.25) is 0 Å². The van der Waals surface area contributed by atoms with Gasteiger partial charge in [0, 0.05) is 31.9 Å². The standard InChI is InChI=1S/C23H30N4O3/c1-26(2)20-10-8-19(9-11-20)21(27-12-14-30-15-13-27)17-25-23(29)22(28)24-16-18-6-4-3-5-7-18/h3-11,21H,12-17H2,1-2H3,(H,24,28)(H,25,29)/p+1/t21-/m1/s1. The fourth-order valence-electron chi connectivity index (χ4n) is 3.62. The van der Waals surface area contributed by atoms with Gasteiger partial charge in [-0.25, -0.2) is 0 Å². The SMILES string of the molecule is CN(C)c1ccc([C@@H](CNC(=O)C(=O)NCc2ccccc2)[NH+]2CCOCC2)cc1. The van der Waals surface area contributed by atoms with Crippen molar-refractivity contribution in [1.29, 1.82) is 0 Å². The van der Waals surface area contributed by atoms with E-state index in [1.54, 1.807) is 0 Å². The van der Waals surface area contributed by atoms with Gasteiger partial charge in [-0.15, -0.1) is 0 Å². The van der Waals surface area contributed by atoms with Gasteiger partial charge in [0.25, 0.3) is 0 Å². The highest BCUT2D eigenvalue weighted by Gasteiger charge is 2.27. The third kappa shape index (κ3) is 6.05. The Hall–Kier alpha value is -2.90. The molecular formula is C23H31N4O3+. The summed E-state index contributed by atoms with van der Waals surface area (Å²) in [5.74, 6) is -1.22. The smallest absolute Gasteiger partial charge is 0.309 e. The van der Waals surface area contributed by atoms with Gasteiger partial charge in [0.1, 0.15) is 19.1 Å². The van der Waals surface area contributed by atoms with Gasteiger partial charge in [-0.3, -0.25) is 9.59 Å². The molecule has 7 heteroatoms. The summed E-state index contributed by atoms with van der Waals surface area (Å²) in [5, 5.41) is 5.51. The van der Waals surface area contributed by atoms with Gasteiger partial charge in [0.15, 0.2) is 0 Å². The molecular weight excluding hydrogens is 380 g/mol. The Kier molecular flexibility index (Phi) is 7.82. The number of nitrogens with one attached hydrogen (secondary N) is 3. The summed E-state index contributed by atoms with van der Waals surface area (Å²) in [7, 11) is 4.02. The minimum Gasteiger partial charge on any atom is -0.378 e. The number of rotatable bonds is 7. The van der Waals surface area contributed by atoms with Crippen LogP contribution in [0, 0.1) is 0 Å². The molecule has 1 aliphatic rings. The lowest BCUT2D eigenvalue weighted by atomic mass is 10.0. The van der Waals surface area contributed by atoms with E-state index in [0.29, 0.717) is 26.3 Å². The van der Waals surface area contributed by atoms with Crippen LogP contribution in [-0.4, -0.2) is 58.8 Å². The number of nitrogens with zero attached hydrogens (tertiary/aromatic N) is 1. The number of anilines is 1. The topological polar surface area (TPSA) is 75.1 Å². The first-order valence-corrected chi connectivity index (χ1v) is 10.3. The summed E-state index contributed by atoms with van der Waals surface area (Å²) in [6.45, 7) is 3.87. The normalized spacial score (nSPS) is 15.3. The average molecular weight is 412 g/mol. The van der Waals surface area contributed by atoms with Crippen LogP contribution < -0.4 is 20.4 Å². The minimum atomic E-state index is -0.613. The van der Waals surface area contributed by atoms with Crippen LogP contribution in [0.25, 0.3) is 0 Å². The molecule has 0 aromatic heterocycles. The van der Waals surface area contributed by atoms with Crippen LogP contribution in [0.5, 0.6) is 0 Å². The second kappa shape index (κ2) is 10.8. The van der Waals surface area contributed by atoms with Crippen molar-refractivity contribution in [3.8, 4) is 0 Å². The number of hydrogen-bond acceptors (Lipinski definition) is 4. The number of benzene rings is 2. The van der Waals surface area contributed by atoms with Crippen LogP contribution in [0.1, 0.15) is 17.2 Å². The molecule has 1 atom stereocenters. The Morgan fingerprint density at radius 1 is 0.967 bits per heavy atom. The Morgan fingerprint density at radius 2 is 1.60 bits per heavy atom. The number of ether oxygens (including phenoxy) is 1. The van der Waals surface area contributed by atoms with Gasteiger partial charge in [-0.2, -0.15) is 0 Å². The van der Waals surface area contributed by atoms with E-state index >= 15 is 0 Å². The van der Waals surface area contributed by atoms with E-state index < -0.39 is 11.8 Å². The Morgan fingerprint density at radius 3 is 2.23 bits per heavy atom. The maximum Gasteiger partial charge on any atom is 0.309 e. The highest BCUT2D eigenvalue weighted by molar-refractivity contribution is 6.35. The highest BCUT2D eigenvalue weighted by Crippen LogP contribution is 2.16. The van der Waals surface area contributed by atoms with Crippen LogP contribution >= 0.6 is 0 Å². The molecule has 3 N–H and O–H groups in total. The van der Waals surface area contributed by atoms with E-state index in [2.05, 4.69) is 39.8 Å². The van der Waals surface area contributed by atoms with Crippen molar-refractivity contribution >= 4 is 17.5 Å². The number of amides is 2. The zero-order valence-electron chi connectivity index (χ0n) is 17.7. The van der Waals surface area contributed by atoms with Gasteiger partial charge < -0.3 is 25.2 Å². The number of hydrogen-bond donors (Lipinski definition) is 3. The van der Waals surface area contributed by atoms with E-state index in [9.17, 15) is 9.59 Å². The number of carbonyl (C=O) groups is 2. The second-order valence-electron chi connectivity index (χ2n) is 7.69. The number of carbonyl (C=O) groups excluding carboxylic acids is 2. The summed E-state index contributed by atoms with van der Waals surface area (Å²) in [4.78, 5) is 28.0. The predicted octanol–water partition coefficient (Wildman–Crippen LogP) is 0.141. The summed E-state index contributed by atoms with van der Waals surface area (Å²) in [6.07, 6.45) is 0. The molecule has 30 heavy (non-hydrogen) atoms. The fraction of sp³-hybridized carbons (Fsp3) is 0.391.